The number of nitrogens with zero attached hydrogens (tertiary/aromatic N) is 4. The summed E-state index contributed by atoms with van der Waals surface area (Å²) >= 11 is 7.79. The van der Waals surface area contributed by atoms with Gasteiger partial charge in [-0.05, 0) is 53.7 Å². The Morgan fingerprint density at radius 2 is 1.90 bits per heavy atom. The molecular weight excluding hydrogens is 605 g/mol. The highest BCUT2D eigenvalue weighted by Crippen LogP contribution is 2.33. The fourth-order valence-electron chi connectivity index (χ4n) is 3.48. The fraction of sp³-hybridized carbons (Fsp3) is 0.179. The normalized spacial score (nSPS) is 12.4. The monoisotopic (exact) mass is 627 g/mol. The second-order valence-corrected chi connectivity index (χ2v) is 12.4. The van der Waals surface area contributed by atoms with Crippen LogP contribution >= 0.6 is 34.7 Å². The number of aromatic nitrogens is 3. The quantitative estimate of drug-likeness (QED) is 0.172. The molecule has 0 saturated heterocycles. The largest absolute Gasteiger partial charge is 0.324 e. The Morgan fingerprint density at radius 3 is 2.55 bits per heavy atom. The highest BCUT2D eigenvalue weighted by molar-refractivity contribution is 7.99. The number of rotatable bonds is 8. The molecule has 0 aliphatic carbocycles. The zero-order valence-corrected chi connectivity index (χ0v) is 24.8. The molecule has 2 aromatic heterocycles. The van der Waals surface area contributed by atoms with Crippen molar-refractivity contribution in [2.75, 3.05) is 5.32 Å². The van der Waals surface area contributed by atoms with Gasteiger partial charge in [0.15, 0.2) is 10.9 Å². The molecule has 0 unspecified atom stereocenters. The molecular formula is C28H23ClFN5O5S2. The average molecular weight is 628 g/mol. The van der Waals surface area contributed by atoms with Crippen LogP contribution in [-0.2, 0) is 16.1 Å². The van der Waals surface area contributed by atoms with Crippen LogP contribution in [0.15, 0.2) is 69.7 Å². The van der Waals surface area contributed by atoms with E-state index in [9.17, 15) is 28.9 Å². The molecule has 0 saturated carbocycles. The molecule has 4 aromatic rings. The van der Waals surface area contributed by atoms with Gasteiger partial charge in [-0.15, -0.1) is 11.3 Å². The summed E-state index contributed by atoms with van der Waals surface area (Å²) in [6.45, 7) is 4.71. The van der Waals surface area contributed by atoms with E-state index in [1.807, 2.05) is 0 Å². The van der Waals surface area contributed by atoms with Gasteiger partial charge in [0.25, 0.3) is 11.2 Å². The van der Waals surface area contributed by atoms with E-state index in [0.29, 0.717) is 15.6 Å². The maximum Gasteiger partial charge on any atom is 0.283 e. The predicted octanol–water partition coefficient (Wildman–Crippen LogP) is 4.41. The Bertz CT molecular complexity index is 1870. The van der Waals surface area contributed by atoms with E-state index >= 15 is 0 Å². The summed E-state index contributed by atoms with van der Waals surface area (Å²) in [6, 6.07) is 9.75. The molecule has 14 heteroatoms. The molecule has 0 bridgehead atoms. The molecule has 1 amide bonds. The fourth-order valence-corrected chi connectivity index (χ4v) is 5.50. The van der Waals surface area contributed by atoms with Gasteiger partial charge in [-0.2, -0.15) is 0 Å². The van der Waals surface area contributed by atoms with Crippen LogP contribution in [0.3, 0.4) is 0 Å². The van der Waals surface area contributed by atoms with Crippen LogP contribution in [0.5, 0.6) is 0 Å². The van der Waals surface area contributed by atoms with Crippen LogP contribution in [0.25, 0.3) is 12.2 Å². The lowest BCUT2D eigenvalue weighted by Gasteiger charge is -2.13. The summed E-state index contributed by atoms with van der Waals surface area (Å²) in [5, 5.41) is 14.5. The van der Waals surface area contributed by atoms with Crippen molar-refractivity contribution < 1.29 is 18.9 Å². The number of nitro benzene ring substituents is 1. The third-order valence-electron chi connectivity index (χ3n) is 5.66. The first-order valence-electron chi connectivity index (χ1n) is 12.3. The number of carbonyl (C=O) groups excluding carboxylic acids is 2. The average Bonchev–Trinajstić information content (AvgIpc) is 3.20. The molecule has 0 spiro atoms. The molecule has 0 fully saturated rings. The second kappa shape index (κ2) is 12.8. The highest BCUT2D eigenvalue weighted by atomic mass is 35.5. The van der Waals surface area contributed by atoms with E-state index in [1.165, 1.54) is 48.8 Å². The van der Waals surface area contributed by atoms with Crippen molar-refractivity contribution in [2.24, 2.45) is 5.41 Å². The second-order valence-electron chi connectivity index (χ2n) is 9.89. The Kier molecular flexibility index (Phi) is 9.34. The molecule has 0 atom stereocenters. The summed E-state index contributed by atoms with van der Waals surface area (Å²) in [7, 11) is 0. The summed E-state index contributed by atoms with van der Waals surface area (Å²) in [5.74, 6) is -1.53. The van der Waals surface area contributed by atoms with Crippen molar-refractivity contribution in [1.29, 1.82) is 0 Å². The lowest BCUT2D eigenvalue weighted by molar-refractivity contribution is -0.387. The molecule has 2 heterocycles. The first kappa shape index (κ1) is 30.8. The van der Waals surface area contributed by atoms with Crippen LogP contribution in [0.2, 0.25) is 5.02 Å². The Balaban J connectivity index is 1.75. The van der Waals surface area contributed by atoms with Gasteiger partial charge < -0.3 is 5.32 Å². The third kappa shape index (κ3) is 7.55. The summed E-state index contributed by atoms with van der Waals surface area (Å²) in [5.41, 5.74) is -0.934. The summed E-state index contributed by atoms with van der Waals surface area (Å²) in [6.07, 6.45) is 5.81. The smallest absolute Gasteiger partial charge is 0.283 e. The molecule has 0 aliphatic heterocycles. The van der Waals surface area contributed by atoms with Gasteiger partial charge in [-0.25, -0.2) is 14.4 Å². The lowest BCUT2D eigenvalue weighted by atomic mass is 9.91. The Hall–Kier alpha value is -4.20. The maximum atomic E-state index is 13.5. The minimum absolute atomic E-state index is 0.154. The van der Waals surface area contributed by atoms with E-state index < -0.39 is 34.2 Å². The van der Waals surface area contributed by atoms with Crippen molar-refractivity contribution in [2.45, 2.75) is 37.4 Å². The number of amides is 1. The van der Waals surface area contributed by atoms with Gasteiger partial charge >= 0.3 is 0 Å². The van der Waals surface area contributed by atoms with Crippen molar-refractivity contribution in [3.05, 3.63) is 101 Å². The first-order chi connectivity index (χ1) is 19.8. The van der Waals surface area contributed by atoms with E-state index in [0.717, 1.165) is 33.7 Å². The van der Waals surface area contributed by atoms with Gasteiger partial charge in [0, 0.05) is 35.6 Å². The Labute approximate surface area is 251 Å². The van der Waals surface area contributed by atoms with E-state index in [-0.39, 0.29) is 31.4 Å². The number of hydrogen-bond donors (Lipinski definition) is 1. The molecule has 0 radical (unpaired) electrons. The number of hydrogen-bond acceptors (Lipinski definition) is 9. The zero-order chi connectivity index (χ0) is 30.6. The molecule has 42 heavy (non-hydrogen) atoms. The van der Waals surface area contributed by atoms with Gasteiger partial charge in [0.1, 0.15) is 17.0 Å². The molecule has 216 valence electrons. The molecule has 2 aromatic carbocycles. The van der Waals surface area contributed by atoms with Crippen LogP contribution in [0.4, 0.5) is 15.8 Å². The molecule has 4 rings (SSSR count). The van der Waals surface area contributed by atoms with Crippen molar-refractivity contribution in [3.63, 3.8) is 0 Å². The highest BCUT2D eigenvalue weighted by Gasteiger charge is 2.21. The van der Waals surface area contributed by atoms with Crippen LogP contribution in [0, 0.1) is 21.3 Å². The van der Waals surface area contributed by atoms with E-state index in [4.69, 9.17) is 11.6 Å². The van der Waals surface area contributed by atoms with E-state index in [2.05, 4.69) is 15.3 Å². The maximum absolute atomic E-state index is 13.5. The third-order valence-corrected chi connectivity index (χ3v) is 7.96. The summed E-state index contributed by atoms with van der Waals surface area (Å²) < 4.78 is 15.0. The van der Waals surface area contributed by atoms with Crippen LogP contribution in [-0.4, -0.2) is 31.1 Å². The number of ketones is 1. The number of Topliss-reactive ketones (excluding diaryl/α,β-unsaturated/α-hetero) is 1. The number of anilines is 1. The number of carbonyl (C=O) groups is 2. The molecule has 0 aliphatic rings. The van der Waals surface area contributed by atoms with Gasteiger partial charge in [0.05, 0.1) is 19.4 Å². The van der Waals surface area contributed by atoms with Gasteiger partial charge in [0.2, 0.25) is 5.91 Å². The van der Waals surface area contributed by atoms with Crippen LogP contribution < -0.4 is 20.1 Å². The van der Waals surface area contributed by atoms with Crippen molar-refractivity contribution in [1.82, 2.24) is 14.5 Å². The minimum atomic E-state index is -0.752. The van der Waals surface area contributed by atoms with Crippen molar-refractivity contribution >= 4 is 69.9 Å². The number of halogens is 2. The molecule has 10 nitrogen and oxygen atoms in total. The number of thiazole rings is 1. The standard InChI is InChI=1S/C28H23ClFN5O5S2/c1-28(2,3)23(36)14-25-34(15-24(37)33-17-6-7-19(30)18(29)13-17)26(38)22(41-25)12-16-5-8-21(20(11-16)35(39)40)42-27-31-9-4-10-32-27/h4-14H,15H2,1-3H3,(H,33,37). The number of nitrogens with one attached hydrogen (secondary N) is 1. The summed E-state index contributed by atoms with van der Waals surface area (Å²) in [4.78, 5) is 58.9. The minimum Gasteiger partial charge on any atom is -0.324 e. The van der Waals surface area contributed by atoms with E-state index in [1.54, 1.807) is 32.9 Å². The lowest BCUT2D eigenvalue weighted by Crippen LogP contribution is -2.36. The SMILES string of the molecule is CC(C)(C)C(=O)C=c1sc(=Cc2ccc(Sc3ncccn3)c([N+](=O)[O-])c2)c(=O)n1CC(=O)Nc1ccc(F)c(Cl)c1. The first-order valence-corrected chi connectivity index (χ1v) is 14.3. The number of nitro groups is 1. The number of benzene rings is 2. The van der Waals surface area contributed by atoms with Crippen LogP contribution in [0.1, 0.15) is 26.3 Å². The zero-order valence-electron chi connectivity index (χ0n) is 22.5. The van der Waals surface area contributed by atoms with Gasteiger partial charge in [-0.3, -0.25) is 29.1 Å². The predicted molar refractivity (Wildman–Crippen MR) is 160 cm³/mol. The topological polar surface area (TPSA) is 137 Å². The van der Waals surface area contributed by atoms with Crippen molar-refractivity contribution in [3.8, 4) is 0 Å². The van der Waals surface area contributed by atoms with Gasteiger partial charge in [-0.1, -0.05) is 38.4 Å². The Morgan fingerprint density at radius 1 is 1.19 bits per heavy atom. The molecule has 1 N–H and O–H groups in total.